The van der Waals surface area contributed by atoms with Gasteiger partial charge >= 0.3 is 12.2 Å². The average Bonchev–Trinajstić information content (AvgIpc) is 3.07. The lowest BCUT2D eigenvalue weighted by Crippen LogP contribution is -2.50. The molecular formula is C18H21F3N4O2. The second kappa shape index (κ2) is 7.21. The highest BCUT2D eigenvalue weighted by Gasteiger charge is 2.38. The fourth-order valence-electron chi connectivity index (χ4n) is 3.24. The van der Waals surface area contributed by atoms with E-state index in [1.165, 1.54) is 12.1 Å². The largest absolute Gasteiger partial charge is 0.416 e. The summed E-state index contributed by atoms with van der Waals surface area (Å²) in [5.74, 6) is 1.07. The van der Waals surface area contributed by atoms with Gasteiger partial charge in [0.05, 0.1) is 5.56 Å². The third kappa shape index (κ3) is 4.40. The lowest BCUT2D eigenvalue weighted by atomic mass is 9.81. The Labute approximate surface area is 154 Å². The predicted molar refractivity (Wildman–Crippen MR) is 90.9 cm³/mol. The van der Waals surface area contributed by atoms with Gasteiger partial charge in [0.2, 0.25) is 5.89 Å². The molecule has 0 aliphatic carbocycles. The summed E-state index contributed by atoms with van der Waals surface area (Å²) in [6.45, 7) is 4.92. The van der Waals surface area contributed by atoms with E-state index in [0.29, 0.717) is 30.4 Å². The van der Waals surface area contributed by atoms with Gasteiger partial charge in [0, 0.05) is 32.0 Å². The van der Waals surface area contributed by atoms with Crippen LogP contribution in [-0.2, 0) is 18.1 Å². The molecule has 1 N–H and O–H groups in total. The number of halogens is 3. The number of likely N-dealkylation sites (tertiary alicyclic amines) is 1. The summed E-state index contributed by atoms with van der Waals surface area (Å²) in [5.41, 5.74) is -0.494. The van der Waals surface area contributed by atoms with Crippen molar-refractivity contribution in [3.8, 4) is 0 Å². The summed E-state index contributed by atoms with van der Waals surface area (Å²) < 4.78 is 42.8. The van der Waals surface area contributed by atoms with Crippen molar-refractivity contribution in [2.24, 2.45) is 0 Å². The Bertz CT molecular complexity index is 804. The van der Waals surface area contributed by atoms with Crippen molar-refractivity contribution in [2.45, 2.75) is 44.8 Å². The maximum Gasteiger partial charge on any atom is 0.416 e. The molecule has 1 unspecified atom stereocenters. The van der Waals surface area contributed by atoms with Crippen LogP contribution >= 0.6 is 0 Å². The zero-order chi connectivity index (χ0) is 19.7. The molecule has 0 bridgehead atoms. The van der Waals surface area contributed by atoms with Crippen molar-refractivity contribution >= 4 is 6.03 Å². The fraction of sp³-hybridized carbons (Fsp3) is 0.500. The van der Waals surface area contributed by atoms with Gasteiger partial charge in [0.25, 0.3) is 0 Å². The SMILES string of the molecule is Cc1nc(C2(C)CCCN(C(=O)NCc3ccc(C(F)(F)F)cc3)C2)no1. The van der Waals surface area contributed by atoms with Crippen LogP contribution in [0, 0.1) is 6.92 Å². The van der Waals surface area contributed by atoms with Crippen LogP contribution in [0.4, 0.5) is 18.0 Å². The van der Waals surface area contributed by atoms with E-state index < -0.39 is 11.7 Å². The molecule has 0 saturated carbocycles. The molecule has 2 aromatic rings. The van der Waals surface area contributed by atoms with Gasteiger partial charge in [-0.3, -0.25) is 0 Å². The number of hydrogen-bond acceptors (Lipinski definition) is 4. The van der Waals surface area contributed by atoms with E-state index in [2.05, 4.69) is 15.5 Å². The van der Waals surface area contributed by atoms with E-state index in [9.17, 15) is 18.0 Å². The van der Waals surface area contributed by atoms with Crippen LogP contribution < -0.4 is 5.32 Å². The molecule has 1 atom stereocenters. The minimum Gasteiger partial charge on any atom is -0.340 e. The second-order valence-corrected chi connectivity index (χ2v) is 7.08. The molecule has 2 heterocycles. The van der Waals surface area contributed by atoms with Gasteiger partial charge in [-0.1, -0.05) is 24.2 Å². The monoisotopic (exact) mass is 382 g/mol. The fourth-order valence-corrected chi connectivity index (χ4v) is 3.24. The van der Waals surface area contributed by atoms with Crippen LogP contribution in [0.15, 0.2) is 28.8 Å². The van der Waals surface area contributed by atoms with Crippen LogP contribution in [-0.4, -0.2) is 34.2 Å². The first-order chi connectivity index (χ1) is 12.7. The maximum absolute atomic E-state index is 12.6. The number of aromatic nitrogens is 2. The van der Waals surface area contributed by atoms with Crippen molar-refractivity contribution in [3.63, 3.8) is 0 Å². The summed E-state index contributed by atoms with van der Waals surface area (Å²) in [4.78, 5) is 18.5. The first-order valence-electron chi connectivity index (χ1n) is 8.67. The number of aryl methyl sites for hydroxylation is 1. The summed E-state index contributed by atoms with van der Waals surface area (Å²) in [5, 5.41) is 6.75. The summed E-state index contributed by atoms with van der Waals surface area (Å²) in [7, 11) is 0. The van der Waals surface area contributed by atoms with Gasteiger partial charge in [-0.25, -0.2) is 4.79 Å². The van der Waals surface area contributed by atoms with E-state index in [0.717, 1.165) is 25.0 Å². The van der Waals surface area contributed by atoms with Crippen LogP contribution in [0.3, 0.4) is 0 Å². The quantitative estimate of drug-likeness (QED) is 0.880. The highest BCUT2D eigenvalue weighted by Crippen LogP contribution is 2.32. The molecule has 2 amide bonds. The number of carbonyl (C=O) groups is 1. The molecule has 1 saturated heterocycles. The predicted octanol–water partition coefficient (Wildman–Crippen LogP) is 3.66. The van der Waals surface area contributed by atoms with Crippen molar-refractivity contribution in [2.75, 3.05) is 13.1 Å². The number of amides is 2. The van der Waals surface area contributed by atoms with E-state index in [-0.39, 0.29) is 18.0 Å². The van der Waals surface area contributed by atoms with Crippen LogP contribution in [0.1, 0.15) is 42.6 Å². The molecule has 146 valence electrons. The minimum atomic E-state index is -4.37. The third-order valence-corrected chi connectivity index (χ3v) is 4.78. The van der Waals surface area contributed by atoms with Crippen molar-refractivity contribution in [3.05, 3.63) is 47.1 Å². The molecule has 1 aromatic heterocycles. The Balaban J connectivity index is 1.59. The topological polar surface area (TPSA) is 71.3 Å². The van der Waals surface area contributed by atoms with E-state index in [1.807, 2.05) is 6.92 Å². The second-order valence-electron chi connectivity index (χ2n) is 7.08. The van der Waals surface area contributed by atoms with Crippen molar-refractivity contribution < 1.29 is 22.5 Å². The van der Waals surface area contributed by atoms with Crippen LogP contribution in [0.2, 0.25) is 0 Å². The number of benzene rings is 1. The summed E-state index contributed by atoms with van der Waals surface area (Å²) >= 11 is 0. The molecule has 9 heteroatoms. The number of hydrogen-bond donors (Lipinski definition) is 1. The lowest BCUT2D eigenvalue weighted by Gasteiger charge is -2.38. The number of rotatable bonds is 3. The Morgan fingerprint density at radius 2 is 2.04 bits per heavy atom. The number of piperidine rings is 1. The molecule has 1 fully saturated rings. The molecule has 1 aliphatic rings. The summed E-state index contributed by atoms with van der Waals surface area (Å²) in [6, 6.07) is 4.49. The highest BCUT2D eigenvalue weighted by molar-refractivity contribution is 5.74. The molecule has 1 aromatic carbocycles. The van der Waals surface area contributed by atoms with Crippen molar-refractivity contribution in [1.29, 1.82) is 0 Å². The normalized spacial score (nSPS) is 20.6. The molecule has 3 rings (SSSR count). The lowest BCUT2D eigenvalue weighted by molar-refractivity contribution is -0.137. The first-order valence-corrected chi connectivity index (χ1v) is 8.67. The number of nitrogens with one attached hydrogen (secondary N) is 1. The number of nitrogens with zero attached hydrogens (tertiary/aromatic N) is 3. The van der Waals surface area contributed by atoms with Crippen LogP contribution in [0.25, 0.3) is 0 Å². The van der Waals surface area contributed by atoms with Gasteiger partial charge in [0.1, 0.15) is 0 Å². The molecule has 0 spiro atoms. The van der Waals surface area contributed by atoms with Gasteiger partial charge in [-0.2, -0.15) is 18.2 Å². The molecule has 1 aliphatic heterocycles. The van der Waals surface area contributed by atoms with Gasteiger partial charge < -0.3 is 14.7 Å². The molecule has 0 radical (unpaired) electrons. The molecule has 6 nitrogen and oxygen atoms in total. The Kier molecular flexibility index (Phi) is 5.12. The summed E-state index contributed by atoms with van der Waals surface area (Å²) in [6.07, 6.45) is -2.72. The number of urea groups is 1. The number of carbonyl (C=O) groups excluding carboxylic acids is 1. The van der Waals surface area contributed by atoms with Gasteiger partial charge in [-0.05, 0) is 30.5 Å². The Morgan fingerprint density at radius 1 is 1.33 bits per heavy atom. The zero-order valence-corrected chi connectivity index (χ0v) is 15.1. The molecular weight excluding hydrogens is 361 g/mol. The van der Waals surface area contributed by atoms with Gasteiger partial charge in [0.15, 0.2) is 5.82 Å². The van der Waals surface area contributed by atoms with E-state index >= 15 is 0 Å². The zero-order valence-electron chi connectivity index (χ0n) is 15.1. The van der Waals surface area contributed by atoms with Crippen LogP contribution in [0.5, 0.6) is 0 Å². The molecule has 27 heavy (non-hydrogen) atoms. The van der Waals surface area contributed by atoms with Gasteiger partial charge in [-0.15, -0.1) is 0 Å². The minimum absolute atomic E-state index is 0.158. The first kappa shape index (κ1) is 19.2. The highest BCUT2D eigenvalue weighted by atomic mass is 19.4. The number of alkyl halides is 3. The van der Waals surface area contributed by atoms with Crippen molar-refractivity contribution in [1.82, 2.24) is 20.4 Å². The Hall–Kier alpha value is -2.58. The third-order valence-electron chi connectivity index (χ3n) is 4.78. The van der Waals surface area contributed by atoms with E-state index in [1.54, 1.807) is 11.8 Å². The smallest absolute Gasteiger partial charge is 0.340 e. The van der Waals surface area contributed by atoms with E-state index in [4.69, 9.17) is 4.52 Å². The maximum atomic E-state index is 12.6. The Morgan fingerprint density at radius 3 is 2.63 bits per heavy atom. The average molecular weight is 382 g/mol. The standard InChI is InChI=1S/C18H21F3N4O2/c1-12-23-15(24-27-12)17(2)8-3-9-25(11-17)16(26)22-10-13-4-6-14(7-5-13)18(19,20)21/h4-7H,3,8-11H2,1-2H3,(H,22,26).